The molecule has 0 fully saturated rings. The van der Waals surface area contributed by atoms with Crippen LogP contribution < -0.4 is 4.90 Å². The predicted molar refractivity (Wildman–Crippen MR) is 229 cm³/mol. The second kappa shape index (κ2) is 12.6. The van der Waals surface area contributed by atoms with E-state index < -0.39 is 0 Å². The molecule has 0 saturated carbocycles. The van der Waals surface area contributed by atoms with Gasteiger partial charge in [-0.05, 0) is 93.2 Å². The minimum atomic E-state index is 0.881. The molecular weight excluding hydrogens is 671 g/mol. The largest absolute Gasteiger partial charge is 0.456 e. The highest BCUT2D eigenvalue weighted by molar-refractivity contribution is 6.10. The SMILES string of the molecule is c1ccc2c(-c3ccc(N(c4ccc(-c5ccc(-c6cccc7c6oc6ccccc67)cc5)cc4)c4ccc5oc6ccccc6c5c4)cc3)cccc2c1. The molecule has 0 aliphatic carbocycles. The minimum absolute atomic E-state index is 0.881. The lowest BCUT2D eigenvalue weighted by Crippen LogP contribution is -2.09. The number of anilines is 3. The molecular formula is C52H33NO2. The van der Waals surface area contributed by atoms with E-state index in [1.54, 1.807) is 0 Å². The van der Waals surface area contributed by atoms with Crippen LogP contribution in [0.4, 0.5) is 17.1 Å². The van der Waals surface area contributed by atoms with Gasteiger partial charge in [-0.3, -0.25) is 0 Å². The molecule has 0 amide bonds. The lowest BCUT2D eigenvalue weighted by atomic mass is 9.98. The Kier molecular flexibility index (Phi) is 7.17. The maximum atomic E-state index is 6.34. The van der Waals surface area contributed by atoms with Gasteiger partial charge in [0.1, 0.15) is 22.3 Å². The van der Waals surface area contributed by atoms with Crippen LogP contribution in [-0.2, 0) is 0 Å². The van der Waals surface area contributed by atoms with Crippen molar-refractivity contribution < 1.29 is 8.83 Å². The van der Waals surface area contributed by atoms with E-state index in [2.05, 4.69) is 181 Å². The van der Waals surface area contributed by atoms with Crippen LogP contribution in [0.5, 0.6) is 0 Å². The van der Waals surface area contributed by atoms with Crippen molar-refractivity contribution in [1.82, 2.24) is 0 Å². The summed E-state index contributed by atoms with van der Waals surface area (Å²) in [5, 5.41) is 6.98. The van der Waals surface area contributed by atoms with Crippen molar-refractivity contribution in [3.63, 3.8) is 0 Å². The van der Waals surface area contributed by atoms with Crippen molar-refractivity contribution in [1.29, 1.82) is 0 Å². The number of furan rings is 2. The first-order chi connectivity index (χ1) is 27.2. The molecule has 3 nitrogen and oxygen atoms in total. The molecule has 0 unspecified atom stereocenters. The van der Waals surface area contributed by atoms with Crippen LogP contribution in [0, 0.1) is 0 Å². The zero-order valence-corrected chi connectivity index (χ0v) is 29.8. The van der Waals surface area contributed by atoms with Crippen molar-refractivity contribution >= 4 is 71.7 Å². The topological polar surface area (TPSA) is 29.5 Å². The number of hydrogen-bond donors (Lipinski definition) is 0. The molecule has 9 aromatic carbocycles. The van der Waals surface area contributed by atoms with Crippen LogP contribution in [0.3, 0.4) is 0 Å². The van der Waals surface area contributed by atoms with Gasteiger partial charge in [0.25, 0.3) is 0 Å². The van der Waals surface area contributed by atoms with E-state index in [0.29, 0.717) is 0 Å². The van der Waals surface area contributed by atoms with Gasteiger partial charge in [0.05, 0.1) is 0 Å². The Morgan fingerprint density at radius 3 is 1.51 bits per heavy atom. The van der Waals surface area contributed by atoms with Gasteiger partial charge in [0.15, 0.2) is 0 Å². The number of rotatable bonds is 6. The summed E-state index contributed by atoms with van der Waals surface area (Å²) in [7, 11) is 0. The van der Waals surface area contributed by atoms with Gasteiger partial charge in [-0.2, -0.15) is 0 Å². The molecule has 3 heteroatoms. The van der Waals surface area contributed by atoms with E-state index in [9.17, 15) is 0 Å². The third kappa shape index (κ3) is 5.28. The average Bonchev–Trinajstić information content (AvgIpc) is 3.83. The van der Waals surface area contributed by atoms with Crippen molar-refractivity contribution in [2.24, 2.45) is 0 Å². The number of hydrogen-bond acceptors (Lipinski definition) is 3. The van der Waals surface area contributed by atoms with Gasteiger partial charge in [0.2, 0.25) is 0 Å². The van der Waals surface area contributed by atoms with Crippen molar-refractivity contribution in [3.05, 3.63) is 200 Å². The van der Waals surface area contributed by atoms with E-state index in [1.165, 1.54) is 21.9 Å². The number of benzene rings is 9. The van der Waals surface area contributed by atoms with Gasteiger partial charge >= 0.3 is 0 Å². The zero-order valence-electron chi connectivity index (χ0n) is 29.8. The highest BCUT2D eigenvalue weighted by Gasteiger charge is 2.17. The van der Waals surface area contributed by atoms with Crippen molar-refractivity contribution in [3.8, 4) is 33.4 Å². The first-order valence-electron chi connectivity index (χ1n) is 18.7. The van der Waals surface area contributed by atoms with Crippen LogP contribution >= 0.6 is 0 Å². The number of fused-ring (bicyclic) bond motifs is 7. The minimum Gasteiger partial charge on any atom is -0.456 e. The van der Waals surface area contributed by atoms with E-state index in [-0.39, 0.29) is 0 Å². The van der Waals surface area contributed by atoms with Gasteiger partial charge in [-0.1, -0.05) is 146 Å². The molecule has 0 aliphatic heterocycles. The van der Waals surface area contributed by atoms with Crippen LogP contribution in [0.25, 0.3) is 88.0 Å². The molecule has 0 saturated heterocycles. The van der Waals surface area contributed by atoms with Gasteiger partial charge in [-0.15, -0.1) is 0 Å². The molecule has 0 bridgehead atoms. The van der Waals surface area contributed by atoms with E-state index >= 15 is 0 Å². The Hall–Kier alpha value is -7.36. The second-order valence-electron chi connectivity index (χ2n) is 14.1. The van der Waals surface area contributed by atoms with Gasteiger partial charge in [-0.25, -0.2) is 0 Å². The second-order valence-corrected chi connectivity index (χ2v) is 14.1. The molecule has 258 valence electrons. The molecule has 2 aromatic heterocycles. The smallest absolute Gasteiger partial charge is 0.143 e. The molecule has 0 atom stereocenters. The molecule has 0 spiro atoms. The normalized spacial score (nSPS) is 11.6. The van der Waals surface area contributed by atoms with Crippen LogP contribution in [-0.4, -0.2) is 0 Å². The quantitative estimate of drug-likeness (QED) is 0.173. The monoisotopic (exact) mass is 703 g/mol. The fourth-order valence-corrected chi connectivity index (χ4v) is 8.19. The fraction of sp³-hybridized carbons (Fsp3) is 0. The summed E-state index contributed by atoms with van der Waals surface area (Å²) >= 11 is 0. The van der Waals surface area contributed by atoms with Crippen molar-refractivity contribution in [2.45, 2.75) is 0 Å². The molecule has 2 heterocycles. The summed E-state index contributed by atoms with van der Waals surface area (Å²) in [6, 6.07) is 71.0. The lowest BCUT2D eigenvalue weighted by molar-refractivity contribution is 0.669. The Balaban J connectivity index is 0.966. The van der Waals surface area contributed by atoms with Crippen LogP contribution in [0.15, 0.2) is 209 Å². The summed E-state index contributed by atoms with van der Waals surface area (Å²) in [5.74, 6) is 0. The Morgan fingerprint density at radius 1 is 0.291 bits per heavy atom. The van der Waals surface area contributed by atoms with Crippen LogP contribution in [0.1, 0.15) is 0 Å². The molecule has 11 aromatic rings. The molecule has 11 rings (SSSR count). The number of para-hydroxylation sites is 3. The molecule has 0 aliphatic rings. The summed E-state index contributed by atoms with van der Waals surface area (Å²) < 4.78 is 12.5. The number of nitrogens with zero attached hydrogens (tertiary/aromatic N) is 1. The highest BCUT2D eigenvalue weighted by atomic mass is 16.3. The fourth-order valence-electron chi connectivity index (χ4n) is 8.19. The third-order valence-electron chi connectivity index (χ3n) is 10.9. The molecule has 55 heavy (non-hydrogen) atoms. The first-order valence-corrected chi connectivity index (χ1v) is 18.7. The predicted octanol–water partition coefficient (Wildman–Crippen LogP) is 15.1. The van der Waals surface area contributed by atoms with Crippen LogP contribution in [0.2, 0.25) is 0 Å². The van der Waals surface area contributed by atoms with Crippen molar-refractivity contribution in [2.75, 3.05) is 4.90 Å². The average molecular weight is 704 g/mol. The molecule has 0 N–H and O–H groups in total. The van der Waals surface area contributed by atoms with E-state index in [1.807, 2.05) is 24.3 Å². The third-order valence-corrected chi connectivity index (χ3v) is 10.9. The zero-order chi connectivity index (χ0) is 36.3. The Bertz CT molecular complexity index is 3180. The van der Waals surface area contributed by atoms with Gasteiger partial charge < -0.3 is 13.7 Å². The summed E-state index contributed by atoms with van der Waals surface area (Å²) in [6.45, 7) is 0. The van der Waals surface area contributed by atoms with Gasteiger partial charge in [0, 0.05) is 44.2 Å². The summed E-state index contributed by atoms with van der Waals surface area (Å²) in [4.78, 5) is 2.33. The Morgan fingerprint density at radius 2 is 0.764 bits per heavy atom. The van der Waals surface area contributed by atoms with E-state index in [4.69, 9.17) is 8.83 Å². The maximum Gasteiger partial charge on any atom is 0.143 e. The highest BCUT2D eigenvalue weighted by Crippen LogP contribution is 2.41. The first kappa shape index (κ1) is 31.2. The summed E-state index contributed by atoms with van der Waals surface area (Å²) in [6.07, 6.45) is 0. The Labute approximate surface area is 317 Å². The standard InChI is InChI=1S/C52H33NO2/c1-2-11-42-36(9-1)10-7-14-43(42)37-25-29-40(30-26-37)53(41-31-32-51-48(33-41)46-13-4-5-17-49(46)54-51)39-27-23-35(24-28-39)34-19-21-38(22-20-34)44-15-8-16-47-45-12-3-6-18-50(45)55-52(44)47/h1-33H. The summed E-state index contributed by atoms with van der Waals surface area (Å²) in [5.41, 5.74) is 13.8. The molecule has 0 radical (unpaired) electrons. The lowest BCUT2D eigenvalue weighted by Gasteiger charge is -2.26. The maximum absolute atomic E-state index is 6.34. The van der Waals surface area contributed by atoms with E-state index in [0.717, 1.165) is 83.2 Å².